The van der Waals surface area contributed by atoms with Crippen LogP contribution >= 0.6 is 12.2 Å². The number of anilines is 1. The number of thiocarbonyl (C=S) groups is 1. The SMILES string of the molecule is Cc1cc(C)c(C(N)=S)c(N2CC3CCC2C3)n1. The minimum Gasteiger partial charge on any atom is -0.389 e. The molecule has 1 aliphatic carbocycles. The van der Waals surface area contributed by atoms with Crippen molar-refractivity contribution in [3.05, 3.63) is 22.9 Å². The highest BCUT2D eigenvalue weighted by molar-refractivity contribution is 7.80. The van der Waals surface area contributed by atoms with Crippen molar-refractivity contribution in [2.24, 2.45) is 11.7 Å². The fourth-order valence-electron chi connectivity index (χ4n) is 3.51. The van der Waals surface area contributed by atoms with Gasteiger partial charge in [-0.3, -0.25) is 0 Å². The van der Waals surface area contributed by atoms with E-state index in [1.807, 2.05) is 6.92 Å². The molecule has 1 saturated carbocycles. The van der Waals surface area contributed by atoms with Crippen molar-refractivity contribution < 1.29 is 0 Å². The normalized spacial score (nSPS) is 25.8. The third-order valence-electron chi connectivity index (χ3n) is 4.25. The van der Waals surface area contributed by atoms with Gasteiger partial charge in [0.15, 0.2) is 0 Å². The molecule has 2 atom stereocenters. The molecule has 3 nitrogen and oxygen atoms in total. The maximum Gasteiger partial charge on any atom is 0.139 e. The van der Waals surface area contributed by atoms with E-state index in [1.165, 1.54) is 19.3 Å². The highest BCUT2D eigenvalue weighted by Gasteiger charge is 2.39. The summed E-state index contributed by atoms with van der Waals surface area (Å²) in [7, 11) is 0. The molecule has 2 aliphatic rings. The number of rotatable bonds is 2. The Morgan fingerprint density at radius 1 is 1.44 bits per heavy atom. The number of nitrogens with zero attached hydrogens (tertiary/aromatic N) is 2. The maximum atomic E-state index is 5.90. The number of aromatic nitrogens is 1. The Hall–Kier alpha value is -1.16. The third kappa shape index (κ3) is 1.79. The Morgan fingerprint density at radius 2 is 2.22 bits per heavy atom. The summed E-state index contributed by atoms with van der Waals surface area (Å²) in [6.07, 6.45) is 3.97. The first-order chi connectivity index (χ1) is 8.56. The van der Waals surface area contributed by atoms with E-state index in [9.17, 15) is 0 Å². The summed E-state index contributed by atoms with van der Waals surface area (Å²) in [5.41, 5.74) is 9.06. The molecule has 1 aromatic rings. The van der Waals surface area contributed by atoms with Crippen LogP contribution in [0.2, 0.25) is 0 Å². The molecule has 2 bridgehead atoms. The average molecular weight is 261 g/mol. The monoisotopic (exact) mass is 261 g/mol. The molecule has 0 spiro atoms. The van der Waals surface area contributed by atoms with Crippen LogP contribution in [0.25, 0.3) is 0 Å². The van der Waals surface area contributed by atoms with Crippen LogP contribution in [-0.2, 0) is 0 Å². The number of nitrogens with two attached hydrogens (primary N) is 1. The third-order valence-corrected chi connectivity index (χ3v) is 4.46. The van der Waals surface area contributed by atoms with Gasteiger partial charge >= 0.3 is 0 Å². The van der Waals surface area contributed by atoms with Crippen molar-refractivity contribution in [2.45, 2.75) is 39.2 Å². The smallest absolute Gasteiger partial charge is 0.139 e. The summed E-state index contributed by atoms with van der Waals surface area (Å²) < 4.78 is 0. The summed E-state index contributed by atoms with van der Waals surface area (Å²) in [5.74, 6) is 1.86. The number of hydrogen-bond acceptors (Lipinski definition) is 3. The Labute approximate surface area is 113 Å². The molecule has 18 heavy (non-hydrogen) atoms. The fraction of sp³-hybridized carbons (Fsp3) is 0.571. The molecule has 1 aromatic heterocycles. The van der Waals surface area contributed by atoms with Gasteiger partial charge in [-0.25, -0.2) is 4.98 Å². The molecule has 96 valence electrons. The van der Waals surface area contributed by atoms with Crippen LogP contribution in [0.5, 0.6) is 0 Å². The zero-order valence-electron chi connectivity index (χ0n) is 10.9. The number of aryl methyl sites for hydroxylation is 2. The van der Waals surface area contributed by atoms with E-state index < -0.39 is 0 Å². The van der Waals surface area contributed by atoms with Crippen molar-refractivity contribution in [2.75, 3.05) is 11.4 Å². The van der Waals surface area contributed by atoms with Gasteiger partial charge in [0.25, 0.3) is 0 Å². The Morgan fingerprint density at radius 3 is 2.78 bits per heavy atom. The van der Waals surface area contributed by atoms with E-state index in [0.29, 0.717) is 11.0 Å². The number of piperidine rings is 1. The van der Waals surface area contributed by atoms with Gasteiger partial charge in [-0.1, -0.05) is 12.2 Å². The molecule has 3 rings (SSSR count). The van der Waals surface area contributed by atoms with Gasteiger partial charge in [0.2, 0.25) is 0 Å². The minimum atomic E-state index is 0.470. The van der Waals surface area contributed by atoms with Crippen LogP contribution in [0.15, 0.2) is 6.07 Å². The number of fused-ring (bicyclic) bond motifs is 2. The Kier molecular flexibility index (Phi) is 2.77. The molecule has 0 radical (unpaired) electrons. The van der Waals surface area contributed by atoms with Gasteiger partial charge in [-0.2, -0.15) is 0 Å². The minimum absolute atomic E-state index is 0.470. The van der Waals surface area contributed by atoms with Crippen LogP contribution in [0, 0.1) is 19.8 Å². The molecular formula is C14H19N3S. The molecule has 2 N–H and O–H groups in total. The molecule has 1 saturated heterocycles. The quantitative estimate of drug-likeness (QED) is 0.830. The summed E-state index contributed by atoms with van der Waals surface area (Å²) in [6, 6.07) is 2.71. The number of hydrogen-bond donors (Lipinski definition) is 1. The predicted octanol–water partition coefficient (Wildman–Crippen LogP) is 2.32. The van der Waals surface area contributed by atoms with Gasteiger partial charge in [0, 0.05) is 18.3 Å². The summed E-state index contributed by atoms with van der Waals surface area (Å²) in [5, 5.41) is 0. The second-order valence-corrected chi connectivity index (χ2v) is 6.07. The lowest BCUT2D eigenvalue weighted by atomic mass is 10.1. The average Bonchev–Trinajstić information content (AvgIpc) is 2.88. The molecule has 2 heterocycles. The van der Waals surface area contributed by atoms with E-state index in [4.69, 9.17) is 22.9 Å². The summed E-state index contributed by atoms with van der Waals surface area (Å²) in [4.78, 5) is 7.62. The van der Waals surface area contributed by atoms with Crippen LogP contribution in [0.1, 0.15) is 36.1 Å². The lowest BCUT2D eigenvalue weighted by Crippen LogP contribution is -2.35. The first-order valence-corrected chi connectivity index (χ1v) is 7.01. The summed E-state index contributed by atoms with van der Waals surface area (Å²) in [6.45, 7) is 5.23. The zero-order valence-corrected chi connectivity index (χ0v) is 11.8. The van der Waals surface area contributed by atoms with Gasteiger partial charge in [-0.15, -0.1) is 0 Å². The largest absolute Gasteiger partial charge is 0.389 e. The molecule has 4 heteroatoms. The van der Waals surface area contributed by atoms with Crippen LogP contribution in [0.4, 0.5) is 5.82 Å². The Bertz CT molecular complexity index is 512. The van der Waals surface area contributed by atoms with Crippen molar-refractivity contribution >= 4 is 23.0 Å². The second kappa shape index (κ2) is 4.19. The van der Waals surface area contributed by atoms with Crippen LogP contribution in [0.3, 0.4) is 0 Å². The van der Waals surface area contributed by atoms with E-state index in [2.05, 4.69) is 17.9 Å². The summed E-state index contributed by atoms with van der Waals surface area (Å²) >= 11 is 5.21. The van der Waals surface area contributed by atoms with E-state index >= 15 is 0 Å². The van der Waals surface area contributed by atoms with Crippen molar-refractivity contribution in [1.29, 1.82) is 0 Å². The zero-order chi connectivity index (χ0) is 12.9. The second-order valence-electron chi connectivity index (χ2n) is 5.63. The van der Waals surface area contributed by atoms with E-state index in [-0.39, 0.29) is 0 Å². The topological polar surface area (TPSA) is 42.1 Å². The van der Waals surface area contributed by atoms with Gasteiger partial charge in [0.1, 0.15) is 10.8 Å². The maximum absolute atomic E-state index is 5.90. The molecule has 0 amide bonds. The lowest BCUT2D eigenvalue weighted by Gasteiger charge is -2.30. The molecule has 0 aromatic carbocycles. The van der Waals surface area contributed by atoms with Gasteiger partial charge in [-0.05, 0) is 50.7 Å². The lowest BCUT2D eigenvalue weighted by molar-refractivity contribution is 0.550. The first kappa shape index (κ1) is 11.9. The van der Waals surface area contributed by atoms with Crippen LogP contribution < -0.4 is 10.6 Å². The van der Waals surface area contributed by atoms with E-state index in [1.54, 1.807) is 0 Å². The standard InChI is InChI=1S/C14H19N3S/c1-8-5-9(2)16-14(12(8)13(15)18)17-7-10-3-4-11(17)6-10/h5,10-11H,3-4,6-7H2,1-2H3,(H2,15,18). The van der Waals surface area contributed by atoms with Gasteiger partial charge in [0.05, 0.1) is 5.56 Å². The predicted molar refractivity (Wildman–Crippen MR) is 78.1 cm³/mol. The first-order valence-electron chi connectivity index (χ1n) is 6.61. The molecule has 2 fully saturated rings. The molecule has 2 unspecified atom stereocenters. The van der Waals surface area contributed by atoms with E-state index in [0.717, 1.165) is 35.1 Å². The highest BCUT2D eigenvalue weighted by atomic mass is 32.1. The van der Waals surface area contributed by atoms with Gasteiger partial charge < -0.3 is 10.6 Å². The number of pyridine rings is 1. The molecular weight excluding hydrogens is 242 g/mol. The van der Waals surface area contributed by atoms with Crippen LogP contribution in [-0.4, -0.2) is 22.6 Å². The van der Waals surface area contributed by atoms with Crippen molar-refractivity contribution in [1.82, 2.24) is 4.98 Å². The van der Waals surface area contributed by atoms with Crippen molar-refractivity contribution in [3.8, 4) is 0 Å². The Balaban J connectivity index is 2.08. The fourth-order valence-corrected chi connectivity index (χ4v) is 3.77. The highest BCUT2D eigenvalue weighted by Crippen LogP contribution is 2.41. The van der Waals surface area contributed by atoms with Crippen molar-refractivity contribution in [3.63, 3.8) is 0 Å². The molecule has 1 aliphatic heterocycles.